The average molecular weight is 386 g/mol. The summed E-state index contributed by atoms with van der Waals surface area (Å²) in [6, 6.07) is 8.68. The maximum Gasteiger partial charge on any atom is 0.191 e. The van der Waals surface area contributed by atoms with Crippen LogP contribution in [0.25, 0.3) is 0 Å². The van der Waals surface area contributed by atoms with Gasteiger partial charge in [0.2, 0.25) is 0 Å². The van der Waals surface area contributed by atoms with E-state index < -0.39 is 0 Å². The maximum absolute atomic E-state index is 5.17. The van der Waals surface area contributed by atoms with E-state index in [-0.39, 0.29) is 0 Å². The Labute approximate surface area is 169 Å². The van der Waals surface area contributed by atoms with E-state index in [2.05, 4.69) is 67.7 Å². The molecule has 1 aromatic carbocycles. The van der Waals surface area contributed by atoms with Gasteiger partial charge in [-0.3, -0.25) is 4.68 Å². The summed E-state index contributed by atoms with van der Waals surface area (Å²) in [5, 5.41) is 11.4. The van der Waals surface area contributed by atoms with Gasteiger partial charge in [-0.2, -0.15) is 5.10 Å². The van der Waals surface area contributed by atoms with Crippen LogP contribution in [0.3, 0.4) is 0 Å². The minimum Gasteiger partial charge on any atom is -0.383 e. The fourth-order valence-electron chi connectivity index (χ4n) is 3.20. The number of aliphatic imine (C=N–C) groups is 1. The van der Waals surface area contributed by atoms with Crippen molar-refractivity contribution >= 4 is 5.96 Å². The average Bonchev–Trinajstić information content (AvgIpc) is 2.95. The van der Waals surface area contributed by atoms with Gasteiger partial charge in [0.05, 0.1) is 25.4 Å². The van der Waals surface area contributed by atoms with Gasteiger partial charge < -0.3 is 15.4 Å². The van der Waals surface area contributed by atoms with Crippen molar-refractivity contribution in [2.24, 2.45) is 4.99 Å². The molecule has 0 aliphatic rings. The molecule has 1 unspecified atom stereocenters. The summed E-state index contributed by atoms with van der Waals surface area (Å²) in [6.07, 6.45) is 0. The Balaban J connectivity index is 2.03. The van der Waals surface area contributed by atoms with E-state index in [1.165, 1.54) is 16.7 Å². The third-order valence-corrected chi connectivity index (χ3v) is 4.96. The standard InChI is InChI=1S/C22H35N5O/c1-7-23-22(24-14-17(3)20-10-8-9-16(2)13-20)25-15-21-18(4)26-27(19(21)5)11-12-28-6/h8-10,13,17H,7,11-12,14-15H2,1-6H3,(H2,23,24,25). The van der Waals surface area contributed by atoms with Gasteiger partial charge in [-0.1, -0.05) is 36.8 Å². The second-order valence-corrected chi connectivity index (χ2v) is 7.26. The van der Waals surface area contributed by atoms with Gasteiger partial charge in [-0.05, 0) is 39.2 Å². The zero-order valence-electron chi connectivity index (χ0n) is 18.2. The van der Waals surface area contributed by atoms with Crippen molar-refractivity contribution in [1.29, 1.82) is 0 Å². The van der Waals surface area contributed by atoms with E-state index in [0.717, 1.165) is 37.0 Å². The molecule has 0 radical (unpaired) electrons. The Hall–Kier alpha value is -2.34. The lowest BCUT2D eigenvalue weighted by Gasteiger charge is -2.16. The minimum absolute atomic E-state index is 0.407. The SMILES string of the molecule is CCNC(=NCc1c(C)nn(CCOC)c1C)NCC(C)c1cccc(C)c1. The summed E-state index contributed by atoms with van der Waals surface area (Å²) in [7, 11) is 1.71. The molecule has 0 bridgehead atoms. The summed E-state index contributed by atoms with van der Waals surface area (Å²) < 4.78 is 7.17. The number of methoxy groups -OCH3 is 1. The quantitative estimate of drug-likeness (QED) is 0.513. The van der Waals surface area contributed by atoms with Crippen LogP contribution >= 0.6 is 0 Å². The van der Waals surface area contributed by atoms with Gasteiger partial charge in [-0.15, -0.1) is 0 Å². The number of aryl methyl sites for hydroxylation is 2. The number of guanidine groups is 1. The van der Waals surface area contributed by atoms with Gasteiger partial charge in [0, 0.05) is 31.5 Å². The molecule has 28 heavy (non-hydrogen) atoms. The van der Waals surface area contributed by atoms with Crippen molar-refractivity contribution in [2.45, 2.75) is 53.6 Å². The Bertz CT molecular complexity index is 781. The zero-order chi connectivity index (χ0) is 20.5. The fraction of sp³-hybridized carbons (Fsp3) is 0.545. The predicted molar refractivity (Wildman–Crippen MR) is 116 cm³/mol. The molecule has 2 aromatic rings. The number of hydrogen-bond acceptors (Lipinski definition) is 3. The highest BCUT2D eigenvalue weighted by atomic mass is 16.5. The minimum atomic E-state index is 0.407. The first-order valence-electron chi connectivity index (χ1n) is 10.1. The number of nitrogens with zero attached hydrogens (tertiary/aromatic N) is 3. The molecule has 0 fully saturated rings. The molecule has 0 saturated heterocycles. The van der Waals surface area contributed by atoms with Crippen LogP contribution in [0.4, 0.5) is 0 Å². The highest BCUT2D eigenvalue weighted by Crippen LogP contribution is 2.16. The first-order chi connectivity index (χ1) is 13.5. The van der Waals surface area contributed by atoms with Crippen molar-refractivity contribution < 1.29 is 4.74 Å². The molecule has 2 rings (SSSR count). The first-order valence-corrected chi connectivity index (χ1v) is 10.1. The number of benzene rings is 1. The summed E-state index contributed by atoms with van der Waals surface area (Å²) in [5.74, 6) is 1.24. The van der Waals surface area contributed by atoms with Crippen LogP contribution in [-0.2, 0) is 17.8 Å². The maximum atomic E-state index is 5.17. The zero-order valence-corrected chi connectivity index (χ0v) is 18.2. The van der Waals surface area contributed by atoms with Crippen molar-refractivity contribution in [3.63, 3.8) is 0 Å². The topological polar surface area (TPSA) is 63.5 Å². The van der Waals surface area contributed by atoms with Crippen LogP contribution in [0, 0.1) is 20.8 Å². The number of aromatic nitrogens is 2. The molecule has 1 heterocycles. The van der Waals surface area contributed by atoms with E-state index in [1.54, 1.807) is 7.11 Å². The molecule has 154 valence electrons. The van der Waals surface area contributed by atoms with Crippen LogP contribution in [0.5, 0.6) is 0 Å². The molecular formula is C22H35N5O. The van der Waals surface area contributed by atoms with Gasteiger partial charge in [0.1, 0.15) is 0 Å². The number of hydrogen-bond donors (Lipinski definition) is 2. The molecule has 0 aliphatic carbocycles. The van der Waals surface area contributed by atoms with Crippen molar-refractivity contribution in [1.82, 2.24) is 20.4 Å². The molecule has 2 N–H and O–H groups in total. The molecule has 0 amide bonds. The largest absolute Gasteiger partial charge is 0.383 e. The smallest absolute Gasteiger partial charge is 0.191 e. The lowest BCUT2D eigenvalue weighted by atomic mass is 9.99. The van der Waals surface area contributed by atoms with E-state index in [9.17, 15) is 0 Å². The lowest BCUT2D eigenvalue weighted by molar-refractivity contribution is 0.182. The van der Waals surface area contributed by atoms with Crippen LogP contribution < -0.4 is 10.6 Å². The summed E-state index contributed by atoms with van der Waals surface area (Å²) in [4.78, 5) is 4.79. The monoisotopic (exact) mass is 385 g/mol. The summed E-state index contributed by atoms with van der Waals surface area (Å²) >= 11 is 0. The van der Waals surface area contributed by atoms with E-state index in [4.69, 9.17) is 9.73 Å². The fourth-order valence-corrected chi connectivity index (χ4v) is 3.20. The Kier molecular flexibility index (Phi) is 8.51. The highest BCUT2D eigenvalue weighted by Gasteiger charge is 2.12. The molecule has 0 aliphatic heterocycles. The summed E-state index contributed by atoms with van der Waals surface area (Å²) in [5.41, 5.74) is 6.00. The second-order valence-electron chi connectivity index (χ2n) is 7.26. The third kappa shape index (κ3) is 6.09. The van der Waals surface area contributed by atoms with Gasteiger partial charge >= 0.3 is 0 Å². The van der Waals surface area contributed by atoms with E-state index in [1.807, 2.05) is 11.6 Å². The Morgan fingerprint density at radius 3 is 2.71 bits per heavy atom. The molecule has 1 atom stereocenters. The van der Waals surface area contributed by atoms with Crippen LogP contribution in [-0.4, -0.2) is 42.5 Å². The molecule has 6 heteroatoms. The van der Waals surface area contributed by atoms with Gasteiger partial charge in [0.25, 0.3) is 0 Å². The van der Waals surface area contributed by atoms with Gasteiger partial charge in [0.15, 0.2) is 5.96 Å². The third-order valence-electron chi connectivity index (χ3n) is 4.96. The molecule has 0 saturated carbocycles. The molecule has 1 aromatic heterocycles. The number of ether oxygens (including phenoxy) is 1. The Morgan fingerprint density at radius 2 is 2.04 bits per heavy atom. The second kappa shape index (κ2) is 10.9. The van der Waals surface area contributed by atoms with Gasteiger partial charge in [-0.25, -0.2) is 4.99 Å². The van der Waals surface area contributed by atoms with Crippen molar-refractivity contribution in [3.8, 4) is 0 Å². The Morgan fingerprint density at radius 1 is 1.25 bits per heavy atom. The summed E-state index contributed by atoms with van der Waals surface area (Å²) in [6.45, 7) is 14.3. The number of nitrogens with one attached hydrogen (secondary N) is 2. The van der Waals surface area contributed by atoms with Crippen molar-refractivity contribution in [3.05, 3.63) is 52.3 Å². The molecule has 6 nitrogen and oxygen atoms in total. The van der Waals surface area contributed by atoms with Crippen molar-refractivity contribution in [2.75, 3.05) is 26.8 Å². The van der Waals surface area contributed by atoms with E-state index in [0.29, 0.717) is 19.1 Å². The highest BCUT2D eigenvalue weighted by molar-refractivity contribution is 5.79. The van der Waals surface area contributed by atoms with Crippen LogP contribution in [0.15, 0.2) is 29.3 Å². The predicted octanol–water partition coefficient (Wildman–Crippen LogP) is 3.31. The van der Waals surface area contributed by atoms with Crippen LogP contribution in [0.1, 0.15) is 47.8 Å². The molecular weight excluding hydrogens is 350 g/mol. The lowest BCUT2D eigenvalue weighted by Crippen LogP contribution is -2.39. The normalized spacial score (nSPS) is 12.9. The molecule has 0 spiro atoms. The van der Waals surface area contributed by atoms with E-state index >= 15 is 0 Å². The van der Waals surface area contributed by atoms with Crippen LogP contribution in [0.2, 0.25) is 0 Å². The number of rotatable bonds is 9. The first kappa shape index (κ1) is 22.0.